The predicted octanol–water partition coefficient (Wildman–Crippen LogP) is -10.9. The Morgan fingerprint density at radius 1 is 0.833 bits per heavy atom. The van der Waals surface area contributed by atoms with Gasteiger partial charge in [0.2, 0.25) is 0 Å². The Morgan fingerprint density at radius 2 is 0.833 bits per heavy atom. The minimum atomic E-state index is 0. The van der Waals surface area contributed by atoms with Crippen molar-refractivity contribution in [1.82, 2.24) is 0 Å². The van der Waals surface area contributed by atoms with Crippen LogP contribution in [-0.2, 0) is 17.1 Å². The van der Waals surface area contributed by atoms with E-state index in [1.165, 1.54) is 0 Å². The van der Waals surface area contributed by atoms with Crippen molar-refractivity contribution in [3.63, 3.8) is 0 Å². The van der Waals surface area contributed by atoms with Crippen molar-refractivity contribution >= 4 is 0 Å². The van der Waals surface area contributed by atoms with Gasteiger partial charge < -0.3 is 37.2 Å². The van der Waals surface area contributed by atoms with Crippen molar-refractivity contribution in [2.75, 3.05) is 0 Å². The Labute approximate surface area is 66.1 Å². The van der Waals surface area contributed by atoms with Crippen LogP contribution in [0.5, 0.6) is 0 Å². The molecule has 0 aliphatic heterocycles. The summed E-state index contributed by atoms with van der Waals surface area (Å²) < 4.78 is 0. The molecule has 2 nitrogen and oxygen atoms in total. The second-order valence-electron chi connectivity index (χ2n) is 0. The van der Waals surface area contributed by atoms with Crippen molar-refractivity contribution in [1.29, 1.82) is 0 Å². The van der Waals surface area contributed by atoms with Crippen LogP contribution in [0.3, 0.4) is 0 Å². The smallest absolute Gasteiger partial charge is 1.00 e. The number of rotatable bonds is 0. The van der Waals surface area contributed by atoms with E-state index in [9.17, 15) is 0 Å². The Kier molecular flexibility index (Phi) is 943. The molecule has 0 aromatic carbocycles. The molecule has 47 valence electrons. The second-order valence-corrected chi connectivity index (χ2v) is 0. The molecule has 0 spiro atoms. The van der Waals surface area contributed by atoms with Crippen LogP contribution >= 0.6 is 0 Å². The number of hydrogen-bond acceptors (Lipinski definition) is 1. The second kappa shape index (κ2) is 104. The molecule has 0 rings (SSSR count). The number of nitrogens with two attached hydrogens (primary N) is 1. The summed E-state index contributed by atoms with van der Waals surface area (Å²) in [6.45, 7) is 0. The molecular formula is H5Cl3CuN2. The molecule has 5 N–H and O–H groups in total. The van der Waals surface area contributed by atoms with Crippen LogP contribution in [0.4, 0.5) is 0 Å². The summed E-state index contributed by atoms with van der Waals surface area (Å²) in [7, 11) is 0. The maximum Gasteiger partial charge on any atom is 2.00 e. The first-order valence-corrected chi connectivity index (χ1v) is 0.408. The Balaban J connectivity index is -0.000000000833. The van der Waals surface area contributed by atoms with Crippen molar-refractivity contribution in [2.45, 2.75) is 0 Å². The predicted molar refractivity (Wildman–Crippen MR) is 7.08 cm³/mol. The largest absolute Gasteiger partial charge is 2.00 e. The van der Waals surface area contributed by atoms with E-state index in [4.69, 9.17) is 0 Å². The van der Waals surface area contributed by atoms with Gasteiger partial charge in [-0.3, -0.25) is 5.84 Å². The van der Waals surface area contributed by atoms with E-state index in [-0.39, 0.29) is 54.3 Å². The van der Waals surface area contributed by atoms with Gasteiger partial charge in [-0.05, 0) is 0 Å². The van der Waals surface area contributed by atoms with Gasteiger partial charge in [0.05, 0.1) is 0 Å². The van der Waals surface area contributed by atoms with Crippen LogP contribution in [0.15, 0.2) is 0 Å². The fourth-order valence-electron chi connectivity index (χ4n) is 0. The molecule has 6 heteroatoms. The number of hydrogen-bond donors (Lipinski definition) is 2. The van der Waals surface area contributed by atoms with E-state index in [1.807, 2.05) is 0 Å². The van der Waals surface area contributed by atoms with E-state index in [0.717, 1.165) is 0 Å². The minimum absolute atomic E-state index is 0. The van der Waals surface area contributed by atoms with Crippen molar-refractivity contribution < 1.29 is 60.1 Å². The van der Waals surface area contributed by atoms with E-state index in [0.29, 0.717) is 0 Å². The standard InChI is InChI=1S/3ClH.Cu.H4N2/c;;;;1-2/h3*1H;;1-2H2/q;;;+2;/p-2. The monoisotopic (exact) mass is 201 g/mol. The van der Waals surface area contributed by atoms with Crippen molar-refractivity contribution in [3.05, 3.63) is 0 Å². The maximum atomic E-state index is 4.25. The molecule has 0 aromatic heterocycles. The molecular weight excluding hydrogens is 198 g/mol. The van der Waals surface area contributed by atoms with Crippen molar-refractivity contribution in [3.8, 4) is 0 Å². The average molecular weight is 203 g/mol. The van der Waals surface area contributed by atoms with Crippen molar-refractivity contribution in [2.24, 2.45) is 5.84 Å². The first kappa shape index (κ1) is 54.6. The third-order valence-corrected chi connectivity index (χ3v) is 0. The summed E-state index contributed by atoms with van der Waals surface area (Å²) in [4.78, 5) is 0. The number of halogens is 3. The van der Waals surface area contributed by atoms with Crippen LogP contribution in [0.1, 0.15) is 0 Å². The van der Waals surface area contributed by atoms with Gasteiger partial charge in [0.1, 0.15) is 0 Å². The van der Waals surface area contributed by atoms with Crippen LogP contribution < -0.4 is 48.9 Å². The zero-order chi connectivity index (χ0) is 2.00. The third-order valence-electron chi connectivity index (χ3n) is 0. The summed E-state index contributed by atoms with van der Waals surface area (Å²) in [5, 5.41) is 0. The Morgan fingerprint density at radius 3 is 0.833 bits per heavy atom. The minimum Gasteiger partial charge on any atom is -1.00 e. The molecule has 0 bridgehead atoms. The molecule has 0 aliphatic carbocycles. The fraction of sp³-hybridized carbons (Fsp3) is 0. The van der Waals surface area contributed by atoms with E-state index in [1.54, 1.807) is 0 Å². The fourth-order valence-corrected chi connectivity index (χ4v) is 0. The molecule has 0 atom stereocenters. The first-order chi connectivity index (χ1) is 1.00. The summed E-state index contributed by atoms with van der Waals surface area (Å²) in [5.74, 6) is 7.00. The summed E-state index contributed by atoms with van der Waals surface area (Å²) in [6.07, 6.45) is 0. The van der Waals surface area contributed by atoms with E-state index >= 15 is 0 Å². The third kappa shape index (κ3) is 57.5. The molecule has 0 unspecified atom stereocenters. The molecule has 0 aliphatic rings. The van der Waals surface area contributed by atoms with Gasteiger partial charge >= 0.3 is 17.1 Å². The number of quaternary nitrogens is 1. The summed E-state index contributed by atoms with van der Waals surface area (Å²) in [5.41, 5.74) is 0. The van der Waals surface area contributed by atoms with E-state index in [2.05, 4.69) is 11.7 Å². The Hall–Kier alpha value is 1.31. The van der Waals surface area contributed by atoms with Crippen LogP contribution in [0, 0.1) is 0 Å². The van der Waals surface area contributed by atoms with Gasteiger partial charge in [0.25, 0.3) is 0 Å². The van der Waals surface area contributed by atoms with Crippen LogP contribution in [-0.4, -0.2) is 0 Å². The molecule has 0 amide bonds. The normalized spacial score (nSPS) is 1.00. The average Bonchev–Trinajstić information content (AvgIpc) is 1.00. The molecule has 0 aromatic rings. The molecule has 6 heavy (non-hydrogen) atoms. The zero-order valence-electron chi connectivity index (χ0n) is 2.72. The molecule has 0 saturated carbocycles. The quantitative estimate of drug-likeness (QED) is 0.229. The SMILES string of the molecule is N[NH3+].[Cl-].[Cl-].[Cl-].[Cu+2]. The van der Waals surface area contributed by atoms with Gasteiger partial charge in [-0.2, -0.15) is 5.84 Å². The van der Waals surface area contributed by atoms with Gasteiger partial charge in [-0.25, -0.2) is 0 Å². The van der Waals surface area contributed by atoms with Gasteiger partial charge in [-0.15, -0.1) is 0 Å². The maximum absolute atomic E-state index is 4.25. The summed E-state index contributed by atoms with van der Waals surface area (Å²) >= 11 is 0. The zero-order valence-corrected chi connectivity index (χ0v) is 5.93. The van der Waals surface area contributed by atoms with E-state index < -0.39 is 0 Å². The van der Waals surface area contributed by atoms with Crippen LogP contribution in [0.2, 0.25) is 0 Å². The molecule has 1 radical (unpaired) electrons. The van der Waals surface area contributed by atoms with Gasteiger partial charge in [0, 0.05) is 0 Å². The first-order valence-electron chi connectivity index (χ1n) is 0.408. The Bertz CT molecular complexity index is 8.75. The van der Waals surface area contributed by atoms with Gasteiger partial charge in [-0.1, -0.05) is 0 Å². The molecule has 0 saturated heterocycles. The summed E-state index contributed by atoms with van der Waals surface area (Å²) in [6, 6.07) is 0. The topological polar surface area (TPSA) is 53.7 Å². The molecule has 0 heterocycles. The molecule has 0 fully saturated rings. The van der Waals surface area contributed by atoms with Crippen LogP contribution in [0.25, 0.3) is 0 Å². The van der Waals surface area contributed by atoms with Gasteiger partial charge in [0.15, 0.2) is 0 Å².